The fourth-order valence-electron chi connectivity index (χ4n) is 4.38. The van der Waals surface area contributed by atoms with Crippen LogP contribution in [-0.4, -0.2) is 48.7 Å². The van der Waals surface area contributed by atoms with Gasteiger partial charge in [-0.3, -0.25) is 15.0 Å². The minimum absolute atomic E-state index is 0.122. The largest absolute Gasteiger partial charge is 0.351 e. The number of hydrogen-bond donors (Lipinski definition) is 3. The van der Waals surface area contributed by atoms with Crippen molar-refractivity contribution < 1.29 is 18.0 Å². The zero-order chi connectivity index (χ0) is 22.8. The van der Waals surface area contributed by atoms with E-state index in [1.165, 1.54) is 0 Å². The second-order valence-electron chi connectivity index (χ2n) is 9.64. The molecule has 3 rings (SSSR count). The summed E-state index contributed by atoms with van der Waals surface area (Å²) in [7, 11) is -3.46. The van der Waals surface area contributed by atoms with E-state index in [2.05, 4.69) is 15.5 Å². The first-order chi connectivity index (χ1) is 14.5. The molecule has 0 aromatic heterocycles. The second kappa shape index (κ2) is 9.26. The van der Waals surface area contributed by atoms with Crippen molar-refractivity contribution in [2.24, 2.45) is 5.92 Å². The number of nitrogens with zero attached hydrogens (tertiary/aromatic N) is 1. The van der Waals surface area contributed by atoms with Crippen molar-refractivity contribution in [3.05, 3.63) is 35.4 Å². The molecular formula is C22H34N4O4S. The first kappa shape index (κ1) is 23.7. The first-order valence-electron chi connectivity index (χ1n) is 10.9. The van der Waals surface area contributed by atoms with E-state index in [-0.39, 0.29) is 36.2 Å². The molecule has 0 radical (unpaired) electrons. The molecular weight excluding hydrogens is 416 g/mol. The fraction of sp³-hybridized carbons (Fsp3) is 0.636. The number of carbonyl (C=O) groups excluding carboxylic acids is 2. The maximum Gasteiger partial charge on any atom is 0.265 e. The summed E-state index contributed by atoms with van der Waals surface area (Å²) in [5.74, 6) is -0.597. The maximum absolute atomic E-state index is 12.9. The van der Waals surface area contributed by atoms with Crippen molar-refractivity contribution in [3.63, 3.8) is 0 Å². The van der Waals surface area contributed by atoms with E-state index >= 15 is 0 Å². The zero-order valence-electron chi connectivity index (χ0n) is 18.8. The molecule has 3 unspecified atom stereocenters. The van der Waals surface area contributed by atoms with Crippen LogP contribution >= 0.6 is 0 Å². The molecule has 1 saturated carbocycles. The van der Waals surface area contributed by atoms with Gasteiger partial charge in [0.15, 0.2) is 0 Å². The van der Waals surface area contributed by atoms with Crippen LogP contribution in [0, 0.1) is 12.8 Å². The molecule has 1 saturated heterocycles. The van der Waals surface area contributed by atoms with Crippen molar-refractivity contribution in [1.29, 1.82) is 0 Å². The molecule has 9 heteroatoms. The number of rotatable bonds is 6. The van der Waals surface area contributed by atoms with Gasteiger partial charge < -0.3 is 5.32 Å². The molecule has 2 aliphatic rings. The summed E-state index contributed by atoms with van der Waals surface area (Å²) in [4.78, 5) is 25.3. The summed E-state index contributed by atoms with van der Waals surface area (Å²) in [6.45, 7) is 7.85. The predicted octanol–water partition coefficient (Wildman–Crippen LogP) is 2.06. The Morgan fingerprint density at radius 2 is 1.77 bits per heavy atom. The van der Waals surface area contributed by atoms with E-state index < -0.39 is 21.4 Å². The zero-order valence-corrected chi connectivity index (χ0v) is 19.6. The number of hydrogen-bond acceptors (Lipinski definition) is 5. The van der Waals surface area contributed by atoms with E-state index in [0.29, 0.717) is 12.0 Å². The minimum atomic E-state index is -3.46. The van der Waals surface area contributed by atoms with Crippen LogP contribution in [0.1, 0.15) is 68.8 Å². The minimum Gasteiger partial charge on any atom is -0.351 e. The van der Waals surface area contributed by atoms with Gasteiger partial charge in [-0.2, -0.15) is 4.72 Å². The summed E-state index contributed by atoms with van der Waals surface area (Å²) >= 11 is 0. The number of fused-ring (bicyclic) bond motifs is 1. The Morgan fingerprint density at radius 3 is 2.42 bits per heavy atom. The average molecular weight is 451 g/mol. The molecule has 1 aliphatic heterocycles. The molecule has 1 aromatic carbocycles. The van der Waals surface area contributed by atoms with E-state index in [1.807, 2.05) is 39.8 Å². The van der Waals surface area contributed by atoms with Gasteiger partial charge in [0.2, 0.25) is 15.9 Å². The Kier molecular flexibility index (Phi) is 7.08. The second-order valence-corrected chi connectivity index (χ2v) is 11.6. The summed E-state index contributed by atoms with van der Waals surface area (Å²) in [6.07, 6.45) is 2.82. The molecule has 1 heterocycles. The molecule has 0 bridgehead atoms. The maximum atomic E-state index is 12.9. The molecule has 1 aliphatic carbocycles. The van der Waals surface area contributed by atoms with Crippen molar-refractivity contribution in [2.75, 3.05) is 6.54 Å². The average Bonchev–Trinajstić information content (AvgIpc) is 2.95. The molecule has 2 amide bonds. The molecule has 3 atom stereocenters. The standard InChI is InChI=1S/C22H34N4O4S/c1-15-9-11-16(12-10-15)21(28)24-26(14-13-19(27)23-22(2,3)4)20-17-7-5-6-8-18(17)31(29,30)25-20/h9-12,17-18,20,25H,5-8,13-14H2,1-4H3,(H,23,27)(H,24,28). The number of hydrazine groups is 1. The van der Waals surface area contributed by atoms with Crippen molar-refractivity contribution in [1.82, 2.24) is 20.5 Å². The van der Waals surface area contributed by atoms with Gasteiger partial charge in [0.1, 0.15) is 0 Å². The predicted molar refractivity (Wildman–Crippen MR) is 119 cm³/mol. The lowest BCUT2D eigenvalue weighted by Gasteiger charge is -2.34. The van der Waals surface area contributed by atoms with E-state index in [9.17, 15) is 18.0 Å². The SMILES string of the molecule is Cc1ccc(C(=O)NN(CCC(=O)NC(C)(C)C)C2NS(=O)(=O)C3CCCCC23)cc1. The number of amides is 2. The molecule has 0 spiro atoms. The third-order valence-electron chi connectivity index (χ3n) is 5.83. The molecule has 3 N–H and O–H groups in total. The summed E-state index contributed by atoms with van der Waals surface area (Å²) in [6, 6.07) is 7.17. The van der Waals surface area contributed by atoms with E-state index in [4.69, 9.17) is 0 Å². The van der Waals surface area contributed by atoms with Crippen LogP contribution in [-0.2, 0) is 14.8 Å². The lowest BCUT2D eigenvalue weighted by molar-refractivity contribution is -0.123. The van der Waals surface area contributed by atoms with Gasteiger partial charge in [0, 0.05) is 30.0 Å². The highest BCUT2D eigenvalue weighted by molar-refractivity contribution is 7.90. The van der Waals surface area contributed by atoms with Crippen molar-refractivity contribution in [3.8, 4) is 0 Å². The van der Waals surface area contributed by atoms with Crippen LogP contribution in [0.4, 0.5) is 0 Å². The highest BCUT2D eigenvalue weighted by Crippen LogP contribution is 2.37. The molecule has 2 fully saturated rings. The number of aryl methyl sites for hydroxylation is 1. The smallest absolute Gasteiger partial charge is 0.265 e. The van der Waals surface area contributed by atoms with Gasteiger partial charge in [-0.25, -0.2) is 13.4 Å². The van der Waals surface area contributed by atoms with Crippen LogP contribution in [0.5, 0.6) is 0 Å². The molecule has 172 valence electrons. The number of sulfonamides is 1. The lowest BCUT2D eigenvalue weighted by Crippen LogP contribution is -2.56. The number of nitrogens with one attached hydrogen (secondary N) is 3. The highest BCUT2D eigenvalue weighted by atomic mass is 32.2. The van der Waals surface area contributed by atoms with Gasteiger partial charge in [-0.1, -0.05) is 30.5 Å². The first-order valence-corrected chi connectivity index (χ1v) is 12.5. The summed E-state index contributed by atoms with van der Waals surface area (Å²) in [5, 5.41) is 4.07. The molecule has 31 heavy (non-hydrogen) atoms. The Bertz CT molecular complexity index is 908. The van der Waals surface area contributed by atoms with Gasteiger partial charge in [-0.05, 0) is 52.7 Å². The molecule has 8 nitrogen and oxygen atoms in total. The van der Waals surface area contributed by atoms with Crippen LogP contribution in [0.25, 0.3) is 0 Å². The highest BCUT2D eigenvalue weighted by Gasteiger charge is 2.50. The Hall–Kier alpha value is -1.97. The van der Waals surface area contributed by atoms with Crippen LogP contribution < -0.4 is 15.5 Å². The monoisotopic (exact) mass is 450 g/mol. The summed E-state index contributed by atoms with van der Waals surface area (Å²) < 4.78 is 28.2. The quantitative estimate of drug-likeness (QED) is 0.575. The Morgan fingerprint density at radius 1 is 1.13 bits per heavy atom. The van der Waals surface area contributed by atoms with E-state index in [0.717, 1.165) is 24.8 Å². The van der Waals surface area contributed by atoms with Crippen molar-refractivity contribution >= 4 is 21.8 Å². The van der Waals surface area contributed by atoms with Crippen molar-refractivity contribution in [2.45, 2.75) is 76.8 Å². The fourth-order valence-corrected chi connectivity index (χ4v) is 6.41. The molecule has 1 aromatic rings. The topological polar surface area (TPSA) is 108 Å². The lowest BCUT2D eigenvalue weighted by atomic mass is 9.86. The van der Waals surface area contributed by atoms with Crippen LogP contribution in [0.2, 0.25) is 0 Å². The Balaban J connectivity index is 1.79. The number of benzene rings is 1. The normalized spacial score (nSPS) is 25.1. The van der Waals surface area contributed by atoms with Crippen LogP contribution in [0.3, 0.4) is 0 Å². The van der Waals surface area contributed by atoms with Gasteiger partial charge in [-0.15, -0.1) is 0 Å². The Labute approximate surface area is 185 Å². The van der Waals surface area contributed by atoms with E-state index in [1.54, 1.807) is 17.1 Å². The van der Waals surface area contributed by atoms with Gasteiger partial charge in [0.05, 0.1) is 11.4 Å². The summed E-state index contributed by atoms with van der Waals surface area (Å²) in [5.41, 5.74) is 4.03. The third kappa shape index (κ3) is 6.05. The number of carbonyl (C=O) groups is 2. The van der Waals surface area contributed by atoms with Gasteiger partial charge >= 0.3 is 0 Å². The third-order valence-corrected chi connectivity index (χ3v) is 7.78. The van der Waals surface area contributed by atoms with Crippen LogP contribution in [0.15, 0.2) is 24.3 Å². The van der Waals surface area contributed by atoms with Gasteiger partial charge in [0.25, 0.3) is 5.91 Å².